The third-order valence-corrected chi connectivity index (χ3v) is 4.85. The molecule has 1 N–H and O–H groups in total. The Kier molecular flexibility index (Phi) is 5.47. The number of aromatic hydroxyl groups is 1. The fourth-order valence-electron chi connectivity index (χ4n) is 2.36. The zero-order valence-corrected chi connectivity index (χ0v) is 14.8. The molecule has 0 saturated carbocycles. The quantitative estimate of drug-likeness (QED) is 0.696. The Morgan fingerprint density at radius 3 is 2.50 bits per heavy atom. The van der Waals surface area contributed by atoms with Gasteiger partial charge in [0.15, 0.2) is 11.2 Å². The Hall–Kier alpha value is -2.10. The van der Waals surface area contributed by atoms with Gasteiger partial charge >= 0.3 is 15.8 Å². The van der Waals surface area contributed by atoms with Crippen molar-refractivity contribution < 1.29 is 17.8 Å². The van der Waals surface area contributed by atoms with Crippen LogP contribution in [0.4, 0.5) is 0 Å². The average Bonchev–Trinajstić information content (AvgIpc) is 2.82. The number of nitrogens with zero attached hydrogens (tertiary/aromatic N) is 4. The smallest absolute Gasteiger partial charge is 0.352 e. The van der Waals surface area contributed by atoms with Crippen molar-refractivity contribution in [2.75, 3.05) is 5.75 Å². The number of imidazole rings is 1. The van der Waals surface area contributed by atoms with Crippen LogP contribution in [-0.4, -0.2) is 38.5 Å². The van der Waals surface area contributed by atoms with Crippen LogP contribution in [-0.2, 0) is 17.2 Å². The van der Waals surface area contributed by atoms with Crippen molar-refractivity contribution in [2.24, 2.45) is 7.05 Å². The lowest BCUT2D eigenvalue weighted by Gasteiger charge is -2.09. The predicted molar refractivity (Wildman–Crippen MR) is 88.3 cm³/mol. The summed E-state index contributed by atoms with van der Waals surface area (Å²) in [5, 5.41) is 9.88. The number of fused-ring (bicyclic) bond motifs is 1. The molecule has 0 aliphatic carbocycles. The molecular weight excluding hydrogens is 336 g/mol. The van der Waals surface area contributed by atoms with Gasteiger partial charge in [0.25, 0.3) is 0 Å². The van der Waals surface area contributed by atoms with Crippen LogP contribution in [0.25, 0.3) is 11.2 Å². The van der Waals surface area contributed by atoms with Gasteiger partial charge in [0.2, 0.25) is 5.88 Å². The van der Waals surface area contributed by atoms with Gasteiger partial charge in [0.05, 0.1) is 5.75 Å². The fraction of sp³-hybridized carbons (Fsp3) is 0.643. The van der Waals surface area contributed by atoms with Gasteiger partial charge in [-0.2, -0.15) is 13.4 Å². The molecule has 9 nitrogen and oxygen atoms in total. The van der Waals surface area contributed by atoms with Gasteiger partial charge in [-0.1, -0.05) is 32.6 Å². The van der Waals surface area contributed by atoms with Crippen molar-refractivity contribution in [1.82, 2.24) is 19.3 Å². The lowest BCUT2D eigenvalue weighted by atomic mass is 10.2. The molecule has 0 aliphatic heterocycles. The van der Waals surface area contributed by atoms with Crippen molar-refractivity contribution in [3.05, 3.63) is 16.3 Å². The molecule has 0 atom stereocenters. The van der Waals surface area contributed by atoms with E-state index < -0.39 is 21.7 Å². The Labute approximate surface area is 140 Å². The molecule has 0 bridgehead atoms. The third-order valence-electron chi connectivity index (χ3n) is 3.68. The van der Waals surface area contributed by atoms with Gasteiger partial charge in [-0.25, -0.2) is 9.78 Å². The summed E-state index contributed by atoms with van der Waals surface area (Å²) >= 11 is 0. The van der Waals surface area contributed by atoms with Gasteiger partial charge in [0, 0.05) is 7.05 Å². The first-order chi connectivity index (χ1) is 11.3. The maximum Gasteiger partial charge on any atom is 0.352 e. The molecule has 10 heteroatoms. The van der Waals surface area contributed by atoms with Crippen molar-refractivity contribution in [1.29, 1.82) is 0 Å². The van der Waals surface area contributed by atoms with Gasteiger partial charge < -0.3 is 5.11 Å². The molecule has 2 rings (SSSR count). The lowest BCUT2D eigenvalue weighted by molar-refractivity contribution is 0.279. The van der Waals surface area contributed by atoms with E-state index in [2.05, 4.69) is 16.9 Å². The van der Waals surface area contributed by atoms with E-state index in [9.17, 15) is 18.3 Å². The van der Waals surface area contributed by atoms with Crippen LogP contribution in [0.1, 0.15) is 44.9 Å². The highest BCUT2D eigenvalue weighted by molar-refractivity contribution is 7.86. The van der Waals surface area contributed by atoms with Crippen LogP contribution < -0.4 is 9.97 Å². The SMILES string of the molecule is CCCCCCCS(=O)(=O)On1c(C)nc2c1c(O)nc(=O)n2C. The predicted octanol–water partition coefficient (Wildman–Crippen LogP) is 0.873. The van der Waals surface area contributed by atoms with E-state index in [1.54, 1.807) is 0 Å². The molecule has 0 radical (unpaired) electrons. The van der Waals surface area contributed by atoms with Crippen molar-refractivity contribution in [3.8, 4) is 5.88 Å². The second kappa shape index (κ2) is 7.20. The molecular formula is C14H22N4O5S. The fourth-order valence-corrected chi connectivity index (χ4v) is 3.40. The second-order valence-corrected chi connectivity index (χ2v) is 7.33. The third kappa shape index (κ3) is 3.86. The molecule has 0 spiro atoms. The second-order valence-electron chi connectivity index (χ2n) is 5.65. The summed E-state index contributed by atoms with van der Waals surface area (Å²) < 4.78 is 31.4. The molecule has 0 fully saturated rings. The highest BCUT2D eigenvalue weighted by Crippen LogP contribution is 2.21. The molecule has 134 valence electrons. The summed E-state index contributed by atoms with van der Waals surface area (Å²) in [4.78, 5) is 19.1. The number of aryl methyl sites for hydroxylation is 2. The summed E-state index contributed by atoms with van der Waals surface area (Å²) in [6.07, 6.45) is 4.43. The zero-order valence-electron chi connectivity index (χ0n) is 14.0. The Balaban J connectivity index is 2.25. The maximum absolute atomic E-state index is 12.1. The first kappa shape index (κ1) is 18.2. The maximum atomic E-state index is 12.1. The Bertz CT molecular complexity index is 885. The number of rotatable bonds is 8. The standard InChI is InChI=1S/C14H22N4O5S/c1-4-5-6-7-8-9-24(21,22)23-18-10(2)15-12-11(18)13(19)16-14(20)17(12)3/h4-9H2,1-3H3,(H,16,19,20). The van der Waals surface area contributed by atoms with E-state index in [1.165, 1.54) is 14.0 Å². The molecule has 2 aromatic heterocycles. The topological polar surface area (TPSA) is 116 Å². The minimum Gasteiger partial charge on any atom is -0.491 e. The number of hydrogen-bond donors (Lipinski definition) is 1. The summed E-state index contributed by atoms with van der Waals surface area (Å²) in [6.45, 7) is 3.60. The van der Waals surface area contributed by atoms with E-state index in [0.29, 0.717) is 6.42 Å². The largest absolute Gasteiger partial charge is 0.491 e. The van der Waals surface area contributed by atoms with Gasteiger partial charge in [-0.15, -0.1) is 4.73 Å². The molecule has 2 heterocycles. The van der Waals surface area contributed by atoms with E-state index in [1.807, 2.05) is 0 Å². The summed E-state index contributed by atoms with van der Waals surface area (Å²) in [7, 11) is -2.42. The Morgan fingerprint density at radius 2 is 1.83 bits per heavy atom. The first-order valence-corrected chi connectivity index (χ1v) is 9.42. The number of hydrogen-bond acceptors (Lipinski definition) is 7. The molecule has 24 heavy (non-hydrogen) atoms. The number of unbranched alkanes of at least 4 members (excludes halogenated alkanes) is 4. The highest BCUT2D eigenvalue weighted by atomic mass is 32.2. The van der Waals surface area contributed by atoms with E-state index >= 15 is 0 Å². The lowest BCUT2D eigenvalue weighted by Crippen LogP contribution is -2.25. The molecule has 0 aromatic carbocycles. The van der Waals surface area contributed by atoms with Crippen molar-refractivity contribution in [3.63, 3.8) is 0 Å². The summed E-state index contributed by atoms with van der Waals surface area (Å²) in [5.74, 6) is -0.555. The van der Waals surface area contributed by atoms with Crippen LogP contribution in [0.2, 0.25) is 0 Å². The average molecular weight is 358 g/mol. The molecule has 0 aliphatic rings. The minimum atomic E-state index is -3.85. The normalized spacial score (nSPS) is 12.0. The molecule has 0 unspecified atom stereocenters. The molecule has 0 amide bonds. The van der Waals surface area contributed by atoms with Crippen LogP contribution in [0, 0.1) is 6.92 Å². The van der Waals surface area contributed by atoms with Crippen molar-refractivity contribution in [2.45, 2.75) is 46.0 Å². The van der Waals surface area contributed by atoms with E-state index in [0.717, 1.165) is 35.0 Å². The zero-order chi connectivity index (χ0) is 17.9. The minimum absolute atomic E-state index is 0.0517. The summed E-state index contributed by atoms with van der Waals surface area (Å²) in [5.41, 5.74) is -0.643. The first-order valence-electron chi connectivity index (χ1n) is 7.84. The van der Waals surface area contributed by atoms with Gasteiger partial charge in [-0.05, 0) is 13.3 Å². The van der Waals surface area contributed by atoms with E-state index in [-0.39, 0.29) is 22.7 Å². The highest BCUT2D eigenvalue weighted by Gasteiger charge is 2.22. The van der Waals surface area contributed by atoms with E-state index in [4.69, 9.17) is 4.28 Å². The van der Waals surface area contributed by atoms with Crippen molar-refractivity contribution >= 4 is 21.3 Å². The van der Waals surface area contributed by atoms with Gasteiger partial charge in [0.1, 0.15) is 5.82 Å². The molecule has 2 aromatic rings. The van der Waals surface area contributed by atoms with Crippen LogP contribution in [0.3, 0.4) is 0 Å². The monoisotopic (exact) mass is 358 g/mol. The van der Waals surface area contributed by atoms with Crippen LogP contribution in [0.5, 0.6) is 5.88 Å². The molecule has 0 saturated heterocycles. The van der Waals surface area contributed by atoms with Gasteiger partial charge in [-0.3, -0.25) is 8.85 Å². The van der Waals surface area contributed by atoms with Crippen LogP contribution in [0.15, 0.2) is 4.79 Å². The van der Waals surface area contributed by atoms with Crippen LogP contribution >= 0.6 is 0 Å². The summed E-state index contributed by atoms with van der Waals surface area (Å²) in [6, 6.07) is 0. The Morgan fingerprint density at radius 1 is 1.17 bits per heavy atom. The number of aromatic nitrogens is 4.